The molecule has 1 aromatic carbocycles. The maximum absolute atomic E-state index is 13.3. The predicted molar refractivity (Wildman–Crippen MR) is 75.7 cm³/mol. The van der Waals surface area contributed by atoms with Crippen molar-refractivity contribution in [2.75, 3.05) is 18.9 Å². The Bertz CT molecular complexity index is 387. The zero-order valence-electron chi connectivity index (χ0n) is 10.9. The lowest BCUT2D eigenvalue weighted by molar-refractivity contribution is -0.120. The second kappa shape index (κ2) is 9.81. The summed E-state index contributed by atoms with van der Waals surface area (Å²) in [6.45, 7) is 0.844. The molecule has 19 heavy (non-hydrogen) atoms. The SMILES string of the molecule is O=C(CCSc1ccccc1F)NCCCCCO. The molecular formula is C14H20FNO2S. The van der Waals surface area contributed by atoms with Crippen molar-refractivity contribution < 1.29 is 14.3 Å². The zero-order valence-corrected chi connectivity index (χ0v) is 11.7. The van der Waals surface area contributed by atoms with E-state index in [0.717, 1.165) is 19.3 Å². The van der Waals surface area contributed by atoms with Gasteiger partial charge in [-0.05, 0) is 31.4 Å². The highest BCUT2D eigenvalue weighted by Crippen LogP contribution is 2.21. The summed E-state index contributed by atoms with van der Waals surface area (Å²) >= 11 is 1.35. The lowest BCUT2D eigenvalue weighted by Gasteiger charge is -2.05. The van der Waals surface area contributed by atoms with Crippen LogP contribution in [-0.4, -0.2) is 29.9 Å². The molecule has 0 radical (unpaired) electrons. The van der Waals surface area contributed by atoms with Crippen molar-refractivity contribution in [3.63, 3.8) is 0 Å². The number of amides is 1. The average molecular weight is 285 g/mol. The summed E-state index contributed by atoms with van der Waals surface area (Å²) in [6.07, 6.45) is 2.96. The summed E-state index contributed by atoms with van der Waals surface area (Å²) in [5.41, 5.74) is 0. The van der Waals surface area contributed by atoms with Gasteiger partial charge in [0.25, 0.3) is 0 Å². The van der Waals surface area contributed by atoms with Crippen molar-refractivity contribution in [1.29, 1.82) is 0 Å². The molecule has 0 bridgehead atoms. The molecule has 0 spiro atoms. The summed E-state index contributed by atoms with van der Waals surface area (Å²) in [5.74, 6) is 0.327. The van der Waals surface area contributed by atoms with Crippen LogP contribution in [0.1, 0.15) is 25.7 Å². The molecule has 0 aliphatic carbocycles. The van der Waals surface area contributed by atoms with E-state index in [-0.39, 0.29) is 18.3 Å². The minimum absolute atomic E-state index is 0.00663. The van der Waals surface area contributed by atoms with E-state index in [4.69, 9.17) is 5.11 Å². The van der Waals surface area contributed by atoms with Gasteiger partial charge in [0, 0.05) is 30.2 Å². The van der Waals surface area contributed by atoms with E-state index < -0.39 is 0 Å². The molecule has 0 aromatic heterocycles. The fraction of sp³-hybridized carbons (Fsp3) is 0.500. The summed E-state index contributed by atoms with van der Waals surface area (Å²) in [5, 5.41) is 11.4. The van der Waals surface area contributed by atoms with Crippen LogP contribution in [0.4, 0.5) is 4.39 Å². The molecule has 0 saturated carbocycles. The Hall–Kier alpha value is -1.07. The van der Waals surface area contributed by atoms with Crippen molar-refractivity contribution in [2.24, 2.45) is 0 Å². The Balaban J connectivity index is 2.09. The van der Waals surface area contributed by atoms with E-state index >= 15 is 0 Å². The Morgan fingerprint density at radius 3 is 2.79 bits per heavy atom. The van der Waals surface area contributed by atoms with Crippen LogP contribution in [-0.2, 0) is 4.79 Å². The van der Waals surface area contributed by atoms with Crippen LogP contribution in [0.15, 0.2) is 29.2 Å². The Kier molecular flexibility index (Phi) is 8.25. The zero-order chi connectivity index (χ0) is 13.9. The number of carbonyl (C=O) groups excluding carboxylic acids is 1. The van der Waals surface area contributed by atoms with Crippen molar-refractivity contribution in [3.8, 4) is 0 Å². The first kappa shape index (κ1) is 16.0. The van der Waals surface area contributed by atoms with E-state index in [2.05, 4.69) is 5.32 Å². The topological polar surface area (TPSA) is 49.3 Å². The van der Waals surface area contributed by atoms with E-state index in [0.29, 0.717) is 23.6 Å². The number of hydrogen-bond acceptors (Lipinski definition) is 3. The maximum atomic E-state index is 13.3. The molecule has 0 saturated heterocycles. The predicted octanol–water partition coefficient (Wildman–Crippen LogP) is 2.59. The van der Waals surface area contributed by atoms with Gasteiger partial charge in [0.15, 0.2) is 0 Å². The summed E-state index contributed by atoms with van der Waals surface area (Å²) in [6, 6.07) is 6.57. The van der Waals surface area contributed by atoms with Crippen LogP contribution in [0.25, 0.3) is 0 Å². The number of rotatable bonds is 9. The molecular weight excluding hydrogens is 265 g/mol. The fourth-order valence-corrected chi connectivity index (χ4v) is 2.43. The molecule has 1 rings (SSSR count). The maximum Gasteiger partial charge on any atom is 0.220 e. The molecule has 0 aliphatic rings. The molecule has 0 aliphatic heterocycles. The van der Waals surface area contributed by atoms with Crippen LogP contribution in [0.3, 0.4) is 0 Å². The number of hydrogen-bond donors (Lipinski definition) is 2. The van der Waals surface area contributed by atoms with Crippen molar-refractivity contribution >= 4 is 17.7 Å². The molecule has 0 atom stereocenters. The van der Waals surface area contributed by atoms with Crippen LogP contribution >= 0.6 is 11.8 Å². The molecule has 0 heterocycles. The third kappa shape index (κ3) is 7.18. The second-order valence-electron chi connectivity index (χ2n) is 4.16. The first-order chi connectivity index (χ1) is 9.24. The number of benzene rings is 1. The molecule has 0 unspecified atom stereocenters. The highest BCUT2D eigenvalue weighted by molar-refractivity contribution is 7.99. The van der Waals surface area contributed by atoms with Gasteiger partial charge in [-0.2, -0.15) is 0 Å². The van der Waals surface area contributed by atoms with Gasteiger partial charge in [-0.1, -0.05) is 12.1 Å². The summed E-state index contributed by atoms with van der Waals surface area (Å²) in [7, 11) is 0. The third-order valence-corrected chi connectivity index (χ3v) is 3.63. The number of carbonyl (C=O) groups is 1. The lowest BCUT2D eigenvalue weighted by Crippen LogP contribution is -2.24. The molecule has 0 fully saturated rings. The number of halogens is 1. The van der Waals surface area contributed by atoms with Crippen molar-refractivity contribution in [1.82, 2.24) is 5.32 Å². The van der Waals surface area contributed by atoms with Crippen LogP contribution in [0, 0.1) is 5.82 Å². The van der Waals surface area contributed by atoms with Gasteiger partial charge >= 0.3 is 0 Å². The number of aliphatic hydroxyl groups excluding tert-OH is 1. The van der Waals surface area contributed by atoms with Crippen LogP contribution in [0.5, 0.6) is 0 Å². The van der Waals surface area contributed by atoms with Crippen LogP contribution < -0.4 is 5.32 Å². The average Bonchev–Trinajstić information content (AvgIpc) is 2.41. The van der Waals surface area contributed by atoms with Crippen LogP contribution in [0.2, 0.25) is 0 Å². The van der Waals surface area contributed by atoms with Crippen molar-refractivity contribution in [3.05, 3.63) is 30.1 Å². The minimum Gasteiger partial charge on any atom is -0.396 e. The Labute approximate surface area is 117 Å². The minimum atomic E-state index is -0.239. The molecule has 1 amide bonds. The lowest BCUT2D eigenvalue weighted by atomic mass is 10.2. The highest BCUT2D eigenvalue weighted by Gasteiger charge is 2.04. The molecule has 1 aromatic rings. The Morgan fingerprint density at radius 2 is 2.05 bits per heavy atom. The number of thioether (sulfide) groups is 1. The van der Waals surface area contributed by atoms with Gasteiger partial charge in [0.1, 0.15) is 5.82 Å². The van der Waals surface area contributed by atoms with Gasteiger partial charge in [0.05, 0.1) is 0 Å². The molecule has 3 nitrogen and oxygen atoms in total. The smallest absolute Gasteiger partial charge is 0.220 e. The van der Waals surface area contributed by atoms with E-state index in [9.17, 15) is 9.18 Å². The number of aliphatic hydroxyl groups is 1. The van der Waals surface area contributed by atoms with E-state index in [1.165, 1.54) is 17.8 Å². The van der Waals surface area contributed by atoms with Gasteiger partial charge in [-0.15, -0.1) is 11.8 Å². The monoisotopic (exact) mass is 285 g/mol. The van der Waals surface area contributed by atoms with Gasteiger partial charge in [0.2, 0.25) is 5.91 Å². The largest absolute Gasteiger partial charge is 0.396 e. The molecule has 106 valence electrons. The Morgan fingerprint density at radius 1 is 1.26 bits per heavy atom. The first-order valence-corrected chi connectivity index (χ1v) is 7.47. The summed E-state index contributed by atoms with van der Waals surface area (Å²) < 4.78 is 13.3. The first-order valence-electron chi connectivity index (χ1n) is 6.49. The van der Waals surface area contributed by atoms with Crippen molar-refractivity contribution in [2.45, 2.75) is 30.6 Å². The van der Waals surface area contributed by atoms with Gasteiger partial charge < -0.3 is 10.4 Å². The summed E-state index contributed by atoms with van der Waals surface area (Å²) in [4.78, 5) is 12.1. The normalized spacial score (nSPS) is 10.4. The van der Waals surface area contributed by atoms with E-state index in [1.807, 2.05) is 0 Å². The quantitative estimate of drug-likeness (QED) is 0.541. The number of unbranched alkanes of at least 4 members (excludes halogenated alkanes) is 2. The highest BCUT2D eigenvalue weighted by atomic mass is 32.2. The van der Waals surface area contributed by atoms with E-state index in [1.54, 1.807) is 18.2 Å². The molecule has 2 N–H and O–H groups in total. The fourth-order valence-electron chi connectivity index (χ4n) is 1.55. The van der Waals surface area contributed by atoms with Gasteiger partial charge in [-0.25, -0.2) is 4.39 Å². The second-order valence-corrected chi connectivity index (χ2v) is 5.30. The van der Waals surface area contributed by atoms with Gasteiger partial charge in [-0.3, -0.25) is 4.79 Å². The molecule has 5 heteroatoms. The standard InChI is InChI=1S/C14H20FNO2S/c15-12-6-2-3-7-13(12)19-11-8-14(18)16-9-4-1-5-10-17/h2-3,6-7,17H,1,4-5,8-11H2,(H,16,18). The third-order valence-electron chi connectivity index (χ3n) is 2.58. The number of nitrogens with one attached hydrogen (secondary N) is 1.